The highest BCUT2D eigenvalue weighted by Crippen LogP contribution is 2.22. The molecule has 0 unspecified atom stereocenters. The molecule has 136 valence electrons. The minimum Gasteiger partial charge on any atom is -0.292 e. The highest BCUT2D eigenvalue weighted by molar-refractivity contribution is 7.99. The molecule has 3 aromatic rings. The summed E-state index contributed by atoms with van der Waals surface area (Å²) in [6.07, 6.45) is 0.894. The van der Waals surface area contributed by atoms with Gasteiger partial charge in [-0.1, -0.05) is 37.7 Å². The van der Waals surface area contributed by atoms with Crippen LogP contribution in [0.5, 0.6) is 0 Å². The van der Waals surface area contributed by atoms with Crippen LogP contribution in [-0.4, -0.2) is 21.1 Å². The number of thioether (sulfide) groups is 1. The first kappa shape index (κ1) is 18.9. The van der Waals surface area contributed by atoms with Crippen LogP contribution in [0.4, 0.5) is 0 Å². The predicted molar refractivity (Wildman–Crippen MR) is 110 cm³/mol. The molecular weight excluding hydrogens is 364 g/mol. The van der Waals surface area contributed by atoms with Crippen molar-refractivity contribution in [2.45, 2.75) is 38.9 Å². The lowest BCUT2D eigenvalue weighted by Crippen LogP contribution is -2.24. The standard InChI is InChI=1S/C20H22N2O2S2/c1-13(2)10-11-22-19(24)15-6-4-5-7-16(15)21-20(22)25-12-17(23)18-9-8-14(3)26-18/h4-9,13H,10-12H2,1-3H3. The molecule has 0 amide bonds. The second kappa shape index (κ2) is 8.18. The Labute approximate surface area is 161 Å². The average Bonchev–Trinajstić information content (AvgIpc) is 3.05. The van der Waals surface area contributed by atoms with Crippen molar-refractivity contribution < 1.29 is 4.79 Å². The fourth-order valence-corrected chi connectivity index (χ4v) is 4.43. The molecule has 4 nitrogen and oxygen atoms in total. The Morgan fingerprint density at radius 1 is 1.23 bits per heavy atom. The summed E-state index contributed by atoms with van der Waals surface area (Å²) in [5, 5.41) is 1.25. The van der Waals surface area contributed by atoms with E-state index in [0.29, 0.717) is 28.5 Å². The van der Waals surface area contributed by atoms with E-state index in [-0.39, 0.29) is 17.1 Å². The number of benzene rings is 1. The number of thiophene rings is 1. The molecule has 0 atom stereocenters. The molecule has 0 saturated carbocycles. The van der Waals surface area contributed by atoms with E-state index in [1.54, 1.807) is 4.57 Å². The smallest absolute Gasteiger partial charge is 0.262 e. The number of aromatic nitrogens is 2. The number of aryl methyl sites for hydroxylation is 1. The molecule has 3 rings (SSSR count). The molecule has 0 aliphatic rings. The third-order valence-electron chi connectivity index (χ3n) is 4.10. The second-order valence-electron chi connectivity index (χ2n) is 6.67. The third-order valence-corrected chi connectivity index (χ3v) is 6.12. The Bertz CT molecular complexity index is 989. The lowest BCUT2D eigenvalue weighted by Gasteiger charge is -2.14. The number of fused-ring (bicyclic) bond motifs is 1. The Kier molecular flexibility index (Phi) is 5.94. The summed E-state index contributed by atoms with van der Waals surface area (Å²) in [5.74, 6) is 0.847. The molecule has 0 bridgehead atoms. The van der Waals surface area contributed by atoms with Gasteiger partial charge in [0.1, 0.15) is 0 Å². The summed E-state index contributed by atoms with van der Waals surface area (Å²) in [6.45, 7) is 6.87. The molecule has 0 spiro atoms. The first-order chi connectivity index (χ1) is 12.5. The monoisotopic (exact) mass is 386 g/mol. The van der Waals surface area contributed by atoms with Crippen LogP contribution in [0.1, 0.15) is 34.8 Å². The number of nitrogens with zero attached hydrogens (tertiary/aromatic N) is 2. The van der Waals surface area contributed by atoms with Gasteiger partial charge in [-0.3, -0.25) is 14.2 Å². The maximum Gasteiger partial charge on any atom is 0.262 e. The van der Waals surface area contributed by atoms with E-state index in [1.165, 1.54) is 23.1 Å². The van der Waals surface area contributed by atoms with E-state index < -0.39 is 0 Å². The molecule has 26 heavy (non-hydrogen) atoms. The zero-order chi connectivity index (χ0) is 18.7. The van der Waals surface area contributed by atoms with E-state index in [0.717, 1.165) is 16.2 Å². The van der Waals surface area contributed by atoms with Gasteiger partial charge >= 0.3 is 0 Å². The minimum atomic E-state index is -0.0295. The van der Waals surface area contributed by atoms with Gasteiger partial charge in [-0.15, -0.1) is 11.3 Å². The summed E-state index contributed by atoms with van der Waals surface area (Å²) < 4.78 is 1.72. The molecule has 1 aromatic carbocycles. The molecule has 0 aliphatic carbocycles. The SMILES string of the molecule is Cc1ccc(C(=O)CSc2nc3ccccc3c(=O)n2CCC(C)C)s1. The van der Waals surface area contributed by atoms with E-state index in [4.69, 9.17) is 0 Å². The Morgan fingerprint density at radius 2 is 2.00 bits per heavy atom. The van der Waals surface area contributed by atoms with E-state index in [9.17, 15) is 9.59 Å². The summed E-state index contributed by atoms with van der Waals surface area (Å²) in [6, 6.07) is 11.2. The highest BCUT2D eigenvalue weighted by atomic mass is 32.2. The Hall–Kier alpha value is -1.92. The van der Waals surface area contributed by atoms with Gasteiger partial charge in [0.25, 0.3) is 5.56 Å². The van der Waals surface area contributed by atoms with Gasteiger partial charge in [0, 0.05) is 11.4 Å². The summed E-state index contributed by atoms with van der Waals surface area (Å²) >= 11 is 2.85. The maximum atomic E-state index is 12.9. The van der Waals surface area contributed by atoms with Crippen LogP contribution in [0.25, 0.3) is 10.9 Å². The van der Waals surface area contributed by atoms with Gasteiger partial charge in [0.15, 0.2) is 10.9 Å². The zero-order valence-corrected chi connectivity index (χ0v) is 16.8. The topological polar surface area (TPSA) is 52.0 Å². The van der Waals surface area contributed by atoms with Crippen LogP contribution in [0.2, 0.25) is 0 Å². The van der Waals surface area contributed by atoms with Crippen molar-refractivity contribution in [2.75, 3.05) is 5.75 Å². The van der Waals surface area contributed by atoms with Crippen molar-refractivity contribution in [3.63, 3.8) is 0 Å². The first-order valence-corrected chi connectivity index (χ1v) is 10.5. The molecule has 0 N–H and O–H groups in total. The van der Waals surface area contributed by atoms with Crippen LogP contribution in [0.3, 0.4) is 0 Å². The van der Waals surface area contributed by atoms with E-state index in [2.05, 4.69) is 18.8 Å². The van der Waals surface area contributed by atoms with Crippen molar-refractivity contribution in [3.8, 4) is 0 Å². The third kappa shape index (κ3) is 4.24. The fourth-order valence-electron chi connectivity index (χ4n) is 2.63. The predicted octanol–water partition coefficient (Wildman–Crippen LogP) is 4.79. The maximum absolute atomic E-state index is 12.9. The molecule has 6 heteroatoms. The van der Waals surface area contributed by atoms with Crippen LogP contribution in [-0.2, 0) is 6.54 Å². The van der Waals surface area contributed by atoms with E-state index in [1.807, 2.05) is 43.3 Å². The Morgan fingerprint density at radius 3 is 2.69 bits per heavy atom. The normalized spacial score (nSPS) is 11.4. The number of carbonyl (C=O) groups is 1. The lowest BCUT2D eigenvalue weighted by atomic mass is 10.1. The fraction of sp³-hybridized carbons (Fsp3) is 0.350. The lowest BCUT2D eigenvalue weighted by molar-refractivity contribution is 0.102. The van der Waals surface area contributed by atoms with Gasteiger partial charge in [0.2, 0.25) is 0 Å². The van der Waals surface area contributed by atoms with Gasteiger partial charge < -0.3 is 0 Å². The molecule has 0 fully saturated rings. The largest absolute Gasteiger partial charge is 0.292 e. The van der Waals surface area contributed by atoms with Gasteiger partial charge in [-0.2, -0.15) is 0 Å². The highest BCUT2D eigenvalue weighted by Gasteiger charge is 2.15. The first-order valence-electron chi connectivity index (χ1n) is 8.67. The number of para-hydroxylation sites is 1. The molecule has 0 saturated heterocycles. The molecular formula is C20H22N2O2S2. The molecule has 0 radical (unpaired) electrons. The number of carbonyl (C=O) groups excluding carboxylic acids is 1. The van der Waals surface area contributed by atoms with Crippen molar-refractivity contribution in [3.05, 3.63) is 56.5 Å². The number of hydrogen-bond acceptors (Lipinski definition) is 5. The van der Waals surface area contributed by atoms with Crippen LogP contribution < -0.4 is 5.56 Å². The van der Waals surface area contributed by atoms with Crippen molar-refractivity contribution in [1.82, 2.24) is 9.55 Å². The number of Topliss-reactive ketones (excluding diaryl/α,β-unsaturated/α-hetero) is 1. The van der Waals surface area contributed by atoms with Crippen LogP contribution in [0, 0.1) is 12.8 Å². The van der Waals surface area contributed by atoms with Crippen molar-refractivity contribution >= 4 is 39.8 Å². The second-order valence-corrected chi connectivity index (χ2v) is 8.90. The van der Waals surface area contributed by atoms with Crippen molar-refractivity contribution in [2.24, 2.45) is 5.92 Å². The van der Waals surface area contributed by atoms with Crippen LogP contribution >= 0.6 is 23.1 Å². The number of ketones is 1. The zero-order valence-electron chi connectivity index (χ0n) is 15.2. The molecule has 0 aliphatic heterocycles. The Balaban J connectivity index is 1.90. The van der Waals surface area contributed by atoms with Gasteiger partial charge in [-0.25, -0.2) is 4.98 Å². The summed E-state index contributed by atoms with van der Waals surface area (Å²) in [7, 11) is 0. The van der Waals surface area contributed by atoms with E-state index >= 15 is 0 Å². The average molecular weight is 387 g/mol. The van der Waals surface area contributed by atoms with Crippen molar-refractivity contribution in [1.29, 1.82) is 0 Å². The van der Waals surface area contributed by atoms with Gasteiger partial charge in [-0.05, 0) is 43.5 Å². The van der Waals surface area contributed by atoms with Crippen LogP contribution in [0.15, 0.2) is 46.3 Å². The minimum absolute atomic E-state index is 0.0295. The molecule has 2 aromatic heterocycles. The summed E-state index contributed by atoms with van der Waals surface area (Å²) in [5.41, 5.74) is 0.651. The number of rotatable bonds is 7. The van der Waals surface area contributed by atoms with Gasteiger partial charge in [0.05, 0.1) is 21.5 Å². The summed E-state index contributed by atoms with van der Waals surface area (Å²) in [4.78, 5) is 31.9. The quantitative estimate of drug-likeness (QED) is 0.333. The molecule has 2 heterocycles. The number of hydrogen-bond donors (Lipinski definition) is 0.